The van der Waals surface area contributed by atoms with Crippen molar-refractivity contribution in [3.05, 3.63) is 127 Å². The van der Waals surface area contributed by atoms with Crippen LogP contribution in [-0.2, 0) is 0 Å². The first-order valence-corrected chi connectivity index (χ1v) is 16.4. The fraction of sp³-hybridized carbons (Fsp3) is 0.0556. The van der Waals surface area contributed by atoms with E-state index in [1.54, 1.807) is 10.4 Å². The number of para-hydroxylation sites is 1. The van der Waals surface area contributed by atoms with Gasteiger partial charge in [-0.25, -0.2) is 0 Å². The van der Waals surface area contributed by atoms with Crippen molar-refractivity contribution in [1.82, 2.24) is 4.57 Å². The number of nitrogens with zero attached hydrogens (tertiary/aromatic N) is 1. The van der Waals surface area contributed by atoms with Gasteiger partial charge >= 0.3 is 0 Å². The number of hydrogen-bond donors (Lipinski definition) is 0. The quantitative estimate of drug-likeness (QED) is 0.210. The molecule has 6 aromatic carbocycles. The van der Waals surface area contributed by atoms with Gasteiger partial charge in [0.25, 0.3) is 0 Å². The second kappa shape index (κ2) is 7.80. The molecule has 0 bridgehead atoms. The van der Waals surface area contributed by atoms with E-state index in [0.717, 1.165) is 0 Å². The van der Waals surface area contributed by atoms with E-state index in [1.807, 2.05) is 0 Å². The summed E-state index contributed by atoms with van der Waals surface area (Å²) in [6.45, 7) is 4.99. The maximum Gasteiger partial charge on any atom is 0.113 e. The van der Waals surface area contributed by atoms with Gasteiger partial charge in [0.2, 0.25) is 0 Å². The van der Waals surface area contributed by atoms with E-state index >= 15 is 0 Å². The van der Waals surface area contributed by atoms with E-state index in [-0.39, 0.29) is 0 Å². The zero-order chi connectivity index (χ0) is 25.4. The Morgan fingerprint density at radius 3 is 2.11 bits per heavy atom. The molecule has 0 spiro atoms. The molecular formula is C36H27NSi. The largest absolute Gasteiger partial charge is 0.309 e. The monoisotopic (exact) mass is 501 g/mol. The maximum absolute atomic E-state index is 2.52. The normalized spacial score (nSPS) is 13.7. The molecule has 7 aromatic rings. The summed E-state index contributed by atoms with van der Waals surface area (Å²) in [5.74, 6) is 0. The lowest BCUT2D eigenvalue weighted by Gasteiger charge is -2.18. The summed E-state index contributed by atoms with van der Waals surface area (Å²) in [4.78, 5) is 0. The Bertz CT molecular complexity index is 2060. The van der Waals surface area contributed by atoms with Crippen LogP contribution in [-0.4, -0.2) is 12.6 Å². The summed E-state index contributed by atoms with van der Waals surface area (Å²) >= 11 is 0. The molecule has 0 N–H and O–H groups in total. The van der Waals surface area contributed by atoms with Crippen LogP contribution in [0.4, 0.5) is 0 Å². The molecule has 0 saturated carbocycles. The highest BCUT2D eigenvalue weighted by molar-refractivity contribution is 7.04. The third kappa shape index (κ3) is 2.92. The fourth-order valence-electron chi connectivity index (χ4n) is 6.73. The van der Waals surface area contributed by atoms with Crippen molar-refractivity contribution in [2.45, 2.75) is 13.1 Å². The van der Waals surface area contributed by atoms with Crippen LogP contribution in [0.2, 0.25) is 13.1 Å². The van der Waals surface area contributed by atoms with E-state index < -0.39 is 8.07 Å². The van der Waals surface area contributed by atoms with E-state index in [9.17, 15) is 0 Å². The average molecular weight is 502 g/mol. The molecule has 1 aromatic heterocycles. The van der Waals surface area contributed by atoms with Crippen LogP contribution >= 0.6 is 0 Å². The summed E-state index contributed by atoms with van der Waals surface area (Å²) in [5.41, 5.74) is 9.08. The summed E-state index contributed by atoms with van der Waals surface area (Å²) in [7, 11) is -1.74. The van der Waals surface area contributed by atoms with E-state index in [4.69, 9.17) is 0 Å². The zero-order valence-corrected chi connectivity index (χ0v) is 22.6. The molecule has 2 heterocycles. The topological polar surface area (TPSA) is 4.93 Å². The Morgan fingerprint density at radius 1 is 0.474 bits per heavy atom. The lowest BCUT2D eigenvalue weighted by atomic mass is 9.98. The number of aromatic nitrogens is 1. The Morgan fingerprint density at radius 2 is 1.18 bits per heavy atom. The van der Waals surface area contributed by atoms with Gasteiger partial charge in [-0.15, -0.1) is 0 Å². The van der Waals surface area contributed by atoms with E-state index in [2.05, 4.69) is 145 Å². The molecule has 0 unspecified atom stereocenters. The van der Waals surface area contributed by atoms with Crippen molar-refractivity contribution in [3.8, 4) is 27.9 Å². The van der Waals surface area contributed by atoms with Gasteiger partial charge in [0.1, 0.15) is 8.07 Å². The number of benzene rings is 6. The predicted octanol–water partition coefficient (Wildman–Crippen LogP) is 8.41. The molecule has 1 nitrogen and oxygen atoms in total. The van der Waals surface area contributed by atoms with Crippen LogP contribution in [0.1, 0.15) is 0 Å². The molecule has 0 radical (unpaired) electrons. The lowest BCUT2D eigenvalue weighted by molar-refractivity contribution is 1.18. The molecule has 180 valence electrons. The Kier molecular flexibility index (Phi) is 4.45. The molecule has 0 atom stereocenters. The zero-order valence-electron chi connectivity index (χ0n) is 21.6. The highest BCUT2D eigenvalue weighted by Gasteiger charge is 2.37. The molecule has 0 saturated heterocycles. The third-order valence-corrected chi connectivity index (χ3v) is 12.1. The SMILES string of the molecule is C[Si]1(C)c2ccccc2-c2cc3c(cc21)c1ccccc1n3-c1cccc(-c2cccc3ccccc23)c1. The Balaban J connectivity index is 1.42. The fourth-order valence-corrected chi connectivity index (χ4v) is 9.81. The second-order valence-electron chi connectivity index (χ2n) is 11.0. The third-order valence-electron chi connectivity index (χ3n) is 8.58. The van der Waals surface area contributed by atoms with Gasteiger partial charge in [-0.1, -0.05) is 116 Å². The van der Waals surface area contributed by atoms with Gasteiger partial charge in [0.15, 0.2) is 0 Å². The molecule has 0 aliphatic carbocycles. The van der Waals surface area contributed by atoms with Crippen molar-refractivity contribution in [2.75, 3.05) is 0 Å². The van der Waals surface area contributed by atoms with Crippen molar-refractivity contribution in [2.24, 2.45) is 0 Å². The van der Waals surface area contributed by atoms with Crippen molar-refractivity contribution in [3.63, 3.8) is 0 Å². The molecule has 38 heavy (non-hydrogen) atoms. The van der Waals surface area contributed by atoms with Crippen LogP contribution in [0.3, 0.4) is 0 Å². The smallest absolute Gasteiger partial charge is 0.113 e. The first kappa shape index (κ1) is 21.7. The van der Waals surface area contributed by atoms with Crippen molar-refractivity contribution >= 4 is 51.0 Å². The maximum atomic E-state index is 2.52. The molecule has 2 heteroatoms. The summed E-state index contributed by atoms with van der Waals surface area (Å²) in [6.07, 6.45) is 0. The van der Waals surface area contributed by atoms with E-state index in [1.165, 1.54) is 60.5 Å². The standard InChI is InChI=1S/C36H27NSi/c1-38(2)35-20-8-6-17-30(35)32-22-34-31(23-36(32)38)29-16-5-7-19-33(29)37(34)26-14-9-13-25(21-26)28-18-10-12-24-11-3-4-15-27(24)28/h3-23H,1-2H3. The first-order valence-electron chi connectivity index (χ1n) is 13.4. The van der Waals surface area contributed by atoms with Gasteiger partial charge < -0.3 is 4.57 Å². The summed E-state index contributed by atoms with van der Waals surface area (Å²) in [5, 5.41) is 8.34. The van der Waals surface area contributed by atoms with Crippen molar-refractivity contribution < 1.29 is 0 Å². The molecule has 0 fully saturated rings. The van der Waals surface area contributed by atoms with Gasteiger partial charge in [-0.05, 0) is 67.7 Å². The van der Waals surface area contributed by atoms with Gasteiger partial charge in [0, 0.05) is 16.5 Å². The van der Waals surface area contributed by atoms with Gasteiger partial charge in [-0.3, -0.25) is 0 Å². The number of rotatable bonds is 2. The molecule has 1 aliphatic heterocycles. The predicted molar refractivity (Wildman–Crippen MR) is 166 cm³/mol. The highest BCUT2D eigenvalue weighted by atomic mass is 28.3. The molecule has 1 aliphatic rings. The van der Waals surface area contributed by atoms with E-state index in [0.29, 0.717) is 0 Å². The van der Waals surface area contributed by atoms with Crippen LogP contribution in [0.15, 0.2) is 127 Å². The summed E-state index contributed by atoms with van der Waals surface area (Å²) in [6, 6.07) is 47.2. The van der Waals surface area contributed by atoms with Gasteiger partial charge in [-0.2, -0.15) is 0 Å². The Labute approximate surface area is 223 Å². The minimum atomic E-state index is -1.74. The lowest BCUT2D eigenvalue weighted by Crippen LogP contribution is -2.49. The van der Waals surface area contributed by atoms with Crippen LogP contribution in [0.25, 0.3) is 60.5 Å². The Hall–Kier alpha value is -4.40. The van der Waals surface area contributed by atoms with Crippen LogP contribution in [0, 0.1) is 0 Å². The molecule has 0 amide bonds. The number of fused-ring (bicyclic) bond motifs is 7. The number of hydrogen-bond acceptors (Lipinski definition) is 0. The minimum Gasteiger partial charge on any atom is -0.309 e. The first-order chi connectivity index (χ1) is 18.6. The van der Waals surface area contributed by atoms with Crippen LogP contribution < -0.4 is 10.4 Å². The average Bonchev–Trinajstić information content (AvgIpc) is 3.40. The van der Waals surface area contributed by atoms with Gasteiger partial charge in [0.05, 0.1) is 11.0 Å². The minimum absolute atomic E-state index is 1.20. The summed E-state index contributed by atoms with van der Waals surface area (Å²) < 4.78 is 2.47. The highest BCUT2D eigenvalue weighted by Crippen LogP contribution is 2.38. The molecule has 8 rings (SSSR count). The second-order valence-corrected chi connectivity index (χ2v) is 15.3. The van der Waals surface area contributed by atoms with Crippen LogP contribution in [0.5, 0.6) is 0 Å². The van der Waals surface area contributed by atoms with Crippen molar-refractivity contribution in [1.29, 1.82) is 0 Å². The molecular weight excluding hydrogens is 474 g/mol.